The molecule has 0 radical (unpaired) electrons. The molecule has 1 aromatic carbocycles. The molecule has 0 saturated carbocycles. The van der Waals surface area contributed by atoms with E-state index in [4.69, 9.17) is 9.47 Å². The molecule has 1 aromatic rings. The molecule has 110 valence electrons. The van der Waals surface area contributed by atoms with Crippen LogP contribution in [0.15, 0.2) is 54.6 Å². The van der Waals surface area contributed by atoms with Gasteiger partial charge in [0.05, 0.1) is 0 Å². The van der Waals surface area contributed by atoms with Crippen LogP contribution in [0, 0.1) is 0 Å². The minimum atomic E-state index is -0.839. The summed E-state index contributed by atoms with van der Waals surface area (Å²) in [5.41, 5.74) is 3.89. The Hall–Kier alpha value is -2.17. The first-order valence-electron chi connectivity index (χ1n) is 6.72. The molecule has 0 unspecified atom stereocenters. The van der Waals surface area contributed by atoms with E-state index in [-0.39, 0.29) is 5.91 Å². The highest BCUT2D eigenvalue weighted by Crippen LogP contribution is 2.29. The molecule has 0 bridgehead atoms. The number of carbonyl (C=O) groups is 1. The van der Waals surface area contributed by atoms with Crippen LogP contribution in [0.25, 0.3) is 11.1 Å². The first kappa shape index (κ1) is 15.2. The van der Waals surface area contributed by atoms with Crippen LogP contribution >= 0.6 is 0 Å². The second kappa shape index (κ2) is 7.57. The molecule has 0 atom stereocenters. The lowest BCUT2D eigenvalue weighted by Gasteiger charge is -2.13. The van der Waals surface area contributed by atoms with E-state index in [1.807, 2.05) is 30.3 Å². The second-order valence-electron chi connectivity index (χ2n) is 4.58. The van der Waals surface area contributed by atoms with Gasteiger partial charge in [-0.05, 0) is 16.7 Å². The third-order valence-corrected chi connectivity index (χ3v) is 3.17. The van der Waals surface area contributed by atoms with Gasteiger partial charge in [0.25, 0.3) is 5.91 Å². The molecule has 1 amide bonds. The summed E-state index contributed by atoms with van der Waals surface area (Å²) < 4.78 is 9.63. The number of benzene rings is 2. The molecule has 1 N–H and O–H groups in total. The van der Waals surface area contributed by atoms with Crippen molar-refractivity contribution in [2.45, 2.75) is 12.8 Å². The van der Waals surface area contributed by atoms with Gasteiger partial charge in [0.2, 0.25) is 6.29 Å². The van der Waals surface area contributed by atoms with Crippen molar-refractivity contribution < 1.29 is 14.3 Å². The molecule has 4 nitrogen and oxygen atoms in total. The third-order valence-electron chi connectivity index (χ3n) is 3.17. The van der Waals surface area contributed by atoms with E-state index < -0.39 is 6.29 Å². The standard InChI is InChI=1S/C11H15NO3.C6H4/c1-14-11(15-2)10(13)12-8-9-6-4-3-5-7-9;1-2-6-4-3-5(1)6/h3-7,11H,8H2,1-2H3,(H,12,13);1-4H. The summed E-state index contributed by atoms with van der Waals surface area (Å²) in [5.74, 6) is -0.274. The number of ether oxygens (including phenoxy) is 2. The molecule has 0 aromatic heterocycles. The van der Waals surface area contributed by atoms with Crippen molar-refractivity contribution in [3.63, 3.8) is 0 Å². The predicted molar refractivity (Wildman–Crippen MR) is 81.5 cm³/mol. The van der Waals surface area contributed by atoms with Gasteiger partial charge in [-0.25, -0.2) is 0 Å². The molecule has 2 aliphatic rings. The fourth-order valence-corrected chi connectivity index (χ4v) is 1.84. The van der Waals surface area contributed by atoms with E-state index in [0.29, 0.717) is 6.54 Å². The van der Waals surface area contributed by atoms with Crippen molar-refractivity contribution in [1.29, 1.82) is 0 Å². The molecular formula is C17H19NO3. The lowest BCUT2D eigenvalue weighted by atomic mass is 9.95. The van der Waals surface area contributed by atoms with Crippen molar-refractivity contribution in [2.24, 2.45) is 0 Å². The fraction of sp³-hybridized carbons (Fsp3) is 0.235. The SMILES string of the molecule is COC(OC)C(=O)NCc1ccccc1.c1cc2ccc1-2. The summed E-state index contributed by atoms with van der Waals surface area (Å²) >= 11 is 0. The summed E-state index contributed by atoms with van der Waals surface area (Å²) in [6.45, 7) is 0.475. The lowest BCUT2D eigenvalue weighted by Crippen LogP contribution is -2.36. The first-order chi connectivity index (χ1) is 10.2. The Morgan fingerprint density at radius 1 is 0.952 bits per heavy atom. The lowest BCUT2D eigenvalue weighted by molar-refractivity contribution is -0.159. The minimum Gasteiger partial charge on any atom is -0.348 e. The number of fused-ring (bicyclic) bond motifs is 1. The smallest absolute Gasteiger partial charge is 0.277 e. The summed E-state index contributed by atoms with van der Waals surface area (Å²) in [6, 6.07) is 18.1. The highest BCUT2D eigenvalue weighted by Gasteiger charge is 2.15. The normalized spacial score (nSPS) is 10.6. The highest BCUT2D eigenvalue weighted by atomic mass is 16.7. The maximum Gasteiger partial charge on any atom is 0.277 e. The number of nitrogens with one attached hydrogen (secondary N) is 1. The maximum atomic E-state index is 11.4. The monoisotopic (exact) mass is 285 g/mol. The molecule has 21 heavy (non-hydrogen) atoms. The van der Waals surface area contributed by atoms with Gasteiger partial charge in [-0.2, -0.15) is 0 Å². The van der Waals surface area contributed by atoms with E-state index >= 15 is 0 Å². The Bertz CT molecular complexity index is 541. The molecule has 0 heterocycles. The fourth-order valence-electron chi connectivity index (χ4n) is 1.84. The molecule has 2 aliphatic carbocycles. The number of amides is 1. The Balaban J connectivity index is 0.000000218. The van der Waals surface area contributed by atoms with Gasteiger partial charge in [-0.3, -0.25) is 4.79 Å². The maximum absolute atomic E-state index is 11.4. The van der Waals surface area contributed by atoms with E-state index in [0.717, 1.165) is 5.56 Å². The average molecular weight is 285 g/mol. The summed E-state index contributed by atoms with van der Waals surface area (Å²) in [4.78, 5) is 11.4. The zero-order chi connectivity index (χ0) is 15.1. The zero-order valence-electron chi connectivity index (χ0n) is 12.2. The number of methoxy groups -OCH3 is 2. The van der Waals surface area contributed by atoms with Crippen LogP contribution < -0.4 is 5.32 Å². The molecule has 4 heteroatoms. The van der Waals surface area contributed by atoms with Crippen LogP contribution in [0.3, 0.4) is 0 Å². The van der Waals surface area contributed by atoms with E-state index in [9.17, 15) is 4.79 Å². The number of carbonyl (C=O) groups excluding carboxylic acids is 1. The molecular weight excluding hydrogens is 266 g/mol. The Morgan fingerprint density at radius 3 is 1.86 bits per heavy atom. The van der Waals surface area contributed by atoms with Gasteiger partial charge < -0.3 is 14.8 Å². The molecule has 0 aliphatic heterocycles. The van der Waals surface area contributed by atoms with Crippen molar-refractivity contribution in [3.8, 4) is 11.1 Å². The molecule has 0 spiro atoms. The number of hydrogen-bond acceptors (Lipinski definition) is 3. The number of rotatable bonds is 5. The highest BCUT2D eigenvalue weighted by molar-refractivity contribution is 5.79. The largest absolute Gasteiger partial charge is 0.348 e. The minimum absolute atomic E-state index is 0.274. The van der Waals surface area contributed by atoms with E-state index in [1.54, 1.807) is 0 Å². The Labute approximate surface area is 124 Å². The van der Waals surface area contributed by atoms with Crippen molar-refractivity contribution in [2.75, 3.05) is 14.2 Å². The third kappa shape index (κ3) is 4.15. The first-order valence-corrected chi connectivity index (χ1v) is 6.72. The summed E-state index contributed by atoms with van der Waals surface area (Å²) in [5, 5.41) is 2.71. The topological polar surface area (TPSA) is 47.6 Å². The van der Waals surface area contributed by atoms with Crippen LogP contribution in [0.4, 0.5) is 0 Å². The van der Waals surface area contributed by atoms with Crippen LogP contribution in [0.2, 0.25) is 0 Å². The predicted octanol–water partition coefficient (Wildman–Crippen LogP) is 2.59. The molecule has 0 saturated heterocycles. The van der Waals surface area contributed by atoms with E-state index in [1.165, 1.54) is 25.3 Å². The van der Waals surface area contributed by atoms with Crippen molar-refractivity contribution in [1.82, 2.24) is 5.32 Å². The van der Waals surface area contributed by atoms with Crippen LogP contribution in [0.1, 0.15) is 5.56 Å². The summed E-state index contributed by atoms with van der Waals surface area (Å²) in [6.07, 6.45) is -0.839. The van der Waals surface area contributed by atoms with E-state index in [2.05, 4.69) is 29.6 Å². The zero-order valence-corrected chi connectivity index (χ0v) is 12.2. The van der Waals surface area contributed by atoms with Gasteiger partial charge in [0.15, 0.2) is 0 Å². The van der Waals surface area contributed by atoms with Gasteiger partial charge in [-0.1, -0.05) is 54.6 Å². The Morgan fingerprint density at radius 2 is 1.48 bits per heavy atom. The van der Waals surface area contributed by atoms with Crippen LogP contribution in [-0.4, -0.2) is 26.4 Å². The average Bonchev–Trinajstić information content (AvgIpc) is 2.51. The summed E-state index contributed by atoms with van der Waals surface area (Å²) in [7, 11) is 2.85. The van der Waals surface area contributed by atoms with Crippen LogP contribution in [0.5, 0.6) is 0 Å². The Kier molecular flexibility index (Phi) is 5.49. The van der Waals surface area contributed by atoms with Gasteiger partial charge in [0, 0.05) is 20.8 Å². The van der Waals surface area contributed by atoms with Gasteiger partial charge in [0.1, 0.15) is 0 Å². The van der Waals surface area contributed by atoms with Crippen molar-refractivity contribution in [3.05, 3.63) is 60.2 Å². The van der Waals surface area contributed by atoms with Crippen LogP contribution in [-0.2, 0) is 20.8 Å². The molecule has 0 fully saturated rings. The van der Waals surface area contributed by atoms with Gasteiger partial charge in [-0.15, -0.1) is 0 Å². The van der Waals surface area contributed by atoms with Crippen molar-refractivity contribution >= 4 is 5.91 Å². The second-order valence-corrected chi connectivity index (χ2v) is 4.58. The number of hydrogen-bond donors (Lipinski definition) is 1. The quantitative estimate of drug-likeness (QED) is 0.733. The molecule has 3 rings (SSSR count). The van der Waals surface area contributed by atoms with Gasteiger partial charge >= 0.3 is 0 Å².